The average Bonchev–Trinajstić information content (AvgIpc) is 2.67. The molecule has 1 aliphatic rings. The van der Waals surface area contributed by atoms with Crippen molar-refractivity contribution in [2.75, 3.05) is 48.8 Å². The topological polar surface area (TPSA) is 73.4 Å². The van der Waals surface area contributed by atoms with E-state index < -0.39 is 35.2 Å². The number of aromatic nitrogens is 2. The first-order valence-corrected chi connectivity index (χ1v) is 9.05. The zero-order chi connectivity index (χ0) is 22.8. The lowest BCUT2D eigenvalue weighted by molar-refractivity contribution is -0.143. The molecule has 1 fully saturated rings. The van der Waals surface area contributed by atoms with E-state index in [0.717, 1.165) is 26.2 Å². The van der Waals surface area contributed by atoms with E-state index in [-0.39, 0.29) is 11.8 Å². The molecule has 0 aliphatic carbocycles. The predicted octanol–water partition coefficient (Wildman–Crippen LogP) is 3.91. The number of benzene rings is 1. The van der Waals surface area contributed by atoms with Gasteiger partial charge in [0.2, 0.25) is 5.95 Å². The molecule has 1 aliphatic heterocycles. The SMILES string of the molecule is CN1CCN(c2ncc(NC(=O)Nc3cc(C(F)(F)F)cc(C(F)(F)F)c3)cn2)CC1. The van der Waals surface area contributed by atoms with Crippen LogP contribution in [-0.4, -0.2) is 54.1 Å². The molecule has 168 valence electrons. The summed E-state index contributed by atoms with van der Waals surface area (Å²) in [6.07, 6.45) is -7.43. The molecular weight excluding hydrogens is 430 g/mol. The van der Waals surface area contributed by atoms with Gasteiger partial charge in [0.25, 0.3) is 0 Å². The molecule has 0 bridgehead atoms. The molecule has 2 amide bonds. The minimum atomic E-state index is -5.01. The Kier molecular flexibility index (Phi) is 6.25. The van der Waals surface area contributed by atoms with Crippen LogP contribution >= 0.6 is 0 Å². The van der Waals surface area contributed by atoms with Gasteiger partial charge >= 0.3 is 18.4 Å². The van der Waals surface area contributed by atoms with E-state index in [4.69, 9.17) is 0 Å². The van der Waals surface area contributed by atoms with Crippen molar-refractivity contribution in [1.82, 2.24) is 14.9 Å². The molecule has 2 heterocycles. The summed E-state index contributed by atoms with van der Waals surface area (Å²) < 4.78 is 77.5. The van der Waals surface area contributed by atoms with Crippen molar-refractivity contribution in [3.05, 3.63) is 41.7 Å². The van der Waals surface area contributed by atoms with Crippen molar-refractivity contribution in [3.63, 3.8) is 0 Å². The lowest BCUT2D eigenvalue weighted by atomic mass is 10.1. The number of hydrogen-bond acceptors (Lipinski definition) is 5. The molecule has 0 radical (unpaired) electrons. The van der Waals surface area contributed by atoms with Gasteiger partial charge in [-0.05, 0) is 25.2 Å². The molecule has 0 unspecified atom stereocenters. The molecule has 2 N–H and O–H groups in total. The van der Waals surface area contributed by atoms with E-state index in [0.29, 0.717) is 18.1 Å². The second kappa shape index (κ2) is 8.57. The van der Waals surface area contributed by atoms with Crippen LogP contribution in [0.5, 0.6) is 0 Å². The lowest BCUT2D eigenvalue weighted by Gasteiger charge is -2.32. The highest BCUT2D eigenvalue weighted by Gasteiger charge is 2.37. The number of rotatable bonds is 3. The van der Waals surface area contributed by atoms with Gasteiger partial charge in [-0.25, -0.2) is 14.8 Å². The van der Waals surface area contributed by atoms with Gasteiger partial charge in [0.05, 0.1) is 29.2 Å². The molecule has 31 heavy (non-hydrogen) atoms. The normalized spacial score (nSPS) is 15.6. The Labute approximate surface area is 173 Å². The first-order chi connectivity index (χ1) is 14.4. The van der Waals surface area contributed by atoms with Crippen LogP contribution in [-0.2, 0) is 12.4 Å². The molecule has 0 saturated carbocycles. The summed E-state index contributed by atoms with van der Waals surface area (Å²) in [6.45, 7) is 3.12. The van der Waals surface area contributed by atoms with Crippen LogP contribution in [0, 0.1) is 0 Å². The number of alkyl halides is 6. The average molecular weight is 448 g/mol. The fourth-order valence-corrected chi connectivity index (χ4v) is 2.88. The smallest absolute Gasteiger partial charge is 0.338 e. The number of carbonyl (C=O) groups excluding carboxylic acids is 1. The standard InChI is InChI=1S/C18H18F6N6O/c1-29-2-4-30(5-3-29)15-25-9-14(10-26-15)28-16(31)27-13-7-11(17(19,20)21)6-12(8-13)18(22,23)24/h6-10H,2-5H2,1H3,(H2,27,28,31). The number of nitrogens with one attached hydrogen (secondary N) is 2. The first kappa shape index (κ1) is 22.6. The molecule has 7 nitrogen and oxygen atoms in total. The number of amides is 2. The number of hydrogen-bond donors (Lipinski definition) is 2. The third-order valence-corrected chi connectivity index (χ3v) is 4.53. The molecule has 13 heteroatoms. The number of nitrogens with zero attached hydrogens (tertiary/aromatic N) is 4. The summed E-state index contributed by atoms with van der Waals surface area (Å²) in [6, 6.07) is -0.221. The van der Waals surface area contributed by atoms with Crippen molar-refractivity contribution in [3.8, 4) is 0 Å². The predicted molar refractivity (Wildman–Crippen MR) is 101 cm³/mol. The van der Waals surface area contributed by atoms with Crippen LogP contribution in [0.1, 0.15) is 11.1 Å². The lowest BCUT2D eigenvalue weighted by Crippen LogP contribution is -2.45. The zero-order valence-corrected chi connectivity index (χ0v) is 16.2. The minimum absolute atomic E-state index is 0.0198. The van der Waals surface area contributed by atoms with Crippen LogP contribution < -0.4 is 15.5 Å². The summed E-state index contributed by atoms with van der Waals surface area (Å²) in [5, 5.41) is 4.26. The van der Waals surface area contributed by atoms with Crippen molar-refractivity contribution >= 4 is 23.4 Å². The third-order valence-electron chi connectivity index (χ3n) is 4.53. The van der Waals surface area contributed by atoms with Crippen LogP contribution in [0.25, 0.3) is 0 Å². The number of carbonyl (C=O) groups is 1. The fraction of sp³-hybridized carbons (Fsp3) is 0.389. The second-order valence-corrected chi connectivity index (χ2v) is 6.94. The monoisotopic (exact) mass is 448 g/mol. The van der Waals surface area contributed by atoms with Crippen molar-refractivity contribution in [1.29, 1.82) is 0 Å². The van der Waals surface area contributed by atoms with E-state index in [1.807, 2.05) is 17.3 Å². The highest BCUT2D eigenvalue weighted by molar-refractivity contribution is 5.99. The van der Waals surface area contributed by atoms with Gasteiger partial charge in [-0.15, -0.1) is 0 Å². The maximum absolute atomic E-state index is 12.9. The molecule has 2 aromatic rings. The summed E-state index contributed by atoms with van der Waals surface area (Å²) in [7, 11) is 1.99. The van der Waals surface area contributed by atoms with Gasteiger partial charge in [-0.1, -0.05) is 0 Å². The Hall–Kier alpha value is -3.09. The Balaban J connectivity index is 1.69. The van der Waals surface area contributed by atoms with Gasteiger partial charge in [0.15, 0.2) is 0 Å². The highest BCUT2D eigenvalue weighted by atomic mass is 19.4. The second-order valence-electron chi connectivity index (χ2n) is 6.94. The quantitative estimate of drug-likeness (QED) is 0.697. The summed E-state index contributed by atoms with van der Waals surface area (Å²) in [5.41, 5.74) is -3.59. The van der Waals surface area contributed by atoms with Gasteiger partial charge in [-0.3, -0.25) is 0 Å². The molecule has 0 spiro atoms. The maximum Gasteiger partial charge on any atom is 0.416 e. The number of piperazine rings is 1. The molecule has 1 aromatic carbocycles. The summed E-state index contributed by atoms with van der Waals surface area (Å²) >= 11 is 0. The Morgan fingerprint density at radius 1 is 0.839 bits per heavy atom. The molecule has 1 saturated heterocycles. The molecule has 1 aromatic heterocycles. The van der Waals surface area contributed by atoms with Crippen molar-refractivity contribution < 1.29 is 31.1 Å². The van der Waals surface area contributed by atoms with E-state index in [9.17, 15) is 31.1 Å². The Bertz CT molecular complexity index is 890. The summed E-state index contributed by atoms with van der Waals surface area (Å²) in [5.74, 6) is 0.451. The van der Waals surface area contributed by atoms with Crippen molar-refractivity contribution in [2.24, 2.45) is 0 Å². The minimum Gasteiger partial charge on any atom is -0.338 e. The first-order valence-electron chi connectivity index (χ1n) is 9.05. The molecule has 3 rings (SSSR count). The summed E-state index contributed by atoms with van der Waals surface area (Å²) in [4.78, 5) is 24.4. The van der Waals surface area contributed by atoms with Crippen LogP contribution in [0.4, 0.5) is 48.5 Å². The number of anilines is 3. The van der Waals surface area contributed by atoms with Crippen molar-refractivity contribution in [2.45, 2.75) is 12.4 Å². The maximum atomic E-state index is 12.9. The van der Waals surface area contributed by atoms with Crippen LogP contribution in [0.2, 0.25) is 0 Å². The molecular formula is C18H18F6N6O. The number of halogens is 6. The van der Waals surface area contributed by atoms with E-state index in [1.54, 1.807) is 0 Å². The highest BCUT2D eigenvalue weighted by Crippen LogP contribution is 2.37. The number of likely N-dealkylation sites (N-methyl/N-ethyl adjacent to an activating group) is 1. The van der Waals surface area contributed by atoms with Crippen LogP contribution in [0.15, 0.2) is 30.6 Å². The van der Waals surface area contributed by atoms with Crippen LogP contribution in [0.3, 0.4) is 0 Å². The Morgan fingerprint density at radius 3 is 1.81 bits per heavy atom. The third kappa shape index (κ3) is 5.96. The Morgan fingerprint density at radius 2 is 1.32 bits per heavy atom. The van der Waals surface area contributed by atoms with Gasteiger partial charge in [0.1, 0.15) is 0 Å². The van der Waals surface area contributed by atoms with Gasteiger partial charge in [0, 0.05) is 31.9 Å². The van der Waals surface area contributed by atoms with E-state index in [2.05, 4.69) is 20.2 Å². The number of urea groups is 1. The molecule has 0 atom stereocenters. The van der Waals surface area contributed by atoms with Gasteiger partial charge < -0.3 is 20.4 Å². The largest absolute Gasteiger partial charge is 0.416 e. The zero-order valence-electron chi connectivity index (χ0n) is 16.2. The van der Waals surface area contributed by atoms with Gasteiger partial charge in [-0.2, -0.15) is 26.3 Å². The fourth-order valence-electron chi connectivity index (χ4n) is 2.88. The van der Waals surface area contributed by atoms with E-state index >= 15 is 0 Å². The van der Waals surface area contributed by atoms with E-state index in [1.165, 1.54) is 12.4 Å².